The summed E-state index contributed by atoms with van der Waals surface area (Å²) in [5, 5.41) is 16.5. The number of sulfonamides is 1. The molecule has 0 saturated carbocycles. The zero-order valence-corrected chi connectivity index (χ0v) is 12.7. The van der Waals surface area contributed by atoms with Crippen molar-refractivity contribution in [2.24, 2.45) is 0 Å². The highest BCUT2D eigenvalue weighted by molar-refractivity contribution is 7.89. The number of carboxylic acids is 1. The van der Waals surface area contributed by atoms with Gasteiger partial charge in [0.2, 0.25) is 5.91 Å². The quantitative estimate of drug-likeness (QED) is 0.567. The second-order valence-electron chi connectivity index (χ2n) is 5.36. The number of carboxylic acid groups (broad SMARTS) is 1. The molecule has 0 spiro atoms. The molecule has 21 heavy (non-hydrogen) atoms. The van der Waals surface area contributed by atoms with Crippen LogP contribution in [0.15, 0.2) is 11.2 Å². The molecule has 1 rings (SSSR count). The molecule has 1 aromatic rings. The SMILES string of the molecule is CC(C)(C)NC(=O)CCNS(=O)(=O)c1[nH]ncc1C(=O)O. The summed E-state index contributed by atoms with van der Waals surface area (Å²) in [4.78, 5) is 22.4. The van der Waals surface area contributed by atoms with Crippen LogP contribution in [-0.4, -0.2) is 47.7 Å². The van der Waals surface area contributed by atoms with Gasteiger partial charge in [-0.15, -0.1) is 0 Å². The van der Waals surface area contributed by atoms with Crippen LogP contribution in [0, 0.1) is 0 Å². The van der Waals surface area contributed by atoms with Crippen molar-refractivity contribution in [3.05, 3.63) is 11.8 Å². The zero-order valence-electron chi connectivity index (χ0n) is 11.9. The average molecular weight is 318 g/mol. The Balaban J connectivity index is 2.64. The zero-order chi connectivity index (χ0) is 16.3. The predicted molar refractivity (Wildman–Crippen MR) is 73.2 cm³/mol. The fourth-order valence-electron chi connectivity index (χ4n) is 1.48. The molecule has 4 N–H and O–H groups in total. The topological polar surface area (TPSA) is 141 Å². The smallest absolute Gasteiger partial charge is 0.340 e. The summed E-state index contributed by atoms with van der Waals surface area (Å²) in [7, 11) is -4.06. The largest absolute Gasteiger partial charge is 0.478 e. The van der Waals surface area contributed by atoms with E-state index in [0.717, 1.165) is 6.20 Å². The van der Waals surface area contributed by atoms with Crippen LogP contribution in [0.4, 0.5) is 0 Å². The highest BCUT2D eigenvalue weighted by Gasteiger charge is 2.24. The van der Waals surface area contributed by atoms with E-state index in [-0.39, 0.29) is 18.9 Å². The van der Waals surface area contributed by atoms with Gasteiger partial charge in [0.05, 0.1) is 6.20 Å². The van der Waals surface area contributed by atoms with Gasteiger partial charge in [0.15, 0.2) is 5.03 Å². The van der Waals surface area contributed by atoms with Crippen molar-refractivity contribution in [1.29, 1.82) is 0 Å². The number of carbonyl (C=O) groups is 2. The van der Waals surface area contributed by atoms with Gasteiger partial charge in [0.25, 0.3) is 10.0 Å². The first kappa shape index (κ1) is 17.1. The maximum atomic E-state index is 11.9. The van der Waals surface area contributed by atoms with Gasteiger partial charge >= 0.3 is 5.97 Å². The normalized spacial score (nSPS) is 12.1. The molecule has 1 aromatic heterocycles. The standard InChI is InChI=1S/C11H18N4O5S/c1-11(2,3)14-8(16)4-5-13-21(19,20)9-7(10(17)18)6-12-15-9/h6,13H,4-5H2,1-3H3,(H,12,15)(H,14,16)(H,17,18). The Bertz CT molecular complexity index is 629. The van der Waals surface area contributed by atoms with Crippen LogP contribution in [-0.2, 0) is 14.8 Å². The van der Waals surface area contributed by atoms with E-state index >= 15 is 0 Å². The first-order valence-electron chi connectivity index (χ1n) is 6.10. The van der Waals surface area contributed by atoms with Crippen LogP contribution in [0.3, 0.4) is 0 Å². The number of nitrogens with zero attached hydrogens (tertiary/aromatic N) is 1. The van der Waals surface area contributed by atoms with E-state index in [0.29, 0.717) is 0 Å². The van der Waals surface area contributed by atoms with Gasteiger partial charge in [-0.25, -0.2) is 17.9 Å². The molecule has 0 radical (unpaired) electrons. The second kappa shape index (κ2) is 6.22. The van der Waals surface area contributed by atoms with Gasteiger partial charge in [-0.3, -0.25) is 9.89 Å². The molecular weight excluding hydrogens is 300 g/mol. The number of aromatic amines is 1. The molecule has 0 aromatic carbocycles. The number of nitrogens with one attached hydrogen (secondary N) is 3. The molecule has 0 aliphatic carbocycles. The van der Waals surface area contributed by atoms with Crippen molar-refractivity contribution in [1.82, 2.24) is 20.2 Å². The summed E-state index contributed by atoms with van der Waals surface area (Å²) in [5.41, 5.74) is -0.864. The third-order valence-electron chi connectivity index (χ3n) is 2.26. The van der Waals surface area contributed by atoms with E-state index in [9.17, 15) is 18.0 Å². The minimum Gasteiger partial charge on any atom is -0.478 e. The fraction of sp³-hybridized carbons (Fsp3) is 0.545. The molecule has 1 heterocycles. The Kier molecular flexibility index (Phi) is 5.07. The molecule has 0 saturated heterocycles. The molecule has 0 aliphatic heterocycles. The first-order valence-corrected chi connectivity index (χ1v) is 7.58. The van der Waals surface area contributed by atoms with Gasteiger partial charge in [0, 0.05) is 18.5 Å². The summed E-state index contributed by atoms with van der Waals surface area (Å²) in [5.74, 6) is -1.72. The van der Waals surface area contributed by atoms with Crippen LogP contribution in [0.5, 0.6) is 0 Å². The number of rotatable bonds is 6. The highest BCUT2D eigenvalue weighted by atomic mass is 32.2. The summed E-state index contributed by atoms with van der Waals surface area (Å²) in [6.07, 6.45) is 0.844. The van der Waals surface area contributed by atoms with Gasteiger partial charge in [0.1, 0.15) is 5.56 Å². The lowest BCUT2D eigenvalue weighted by Gasteiger charge is -2.20. The van der Waals surface area contributed by atoms with Gasteiger partial charge in [-0.05, 0) is 20.8 Å². The summed E-state index contributed by atoms with van der Waals surface area (Å²) >= 11 is 0. The third kappa shape index (κ3) is 5.16. The van der Waals surface area contributed by atoms with E-state index < -0.39 is 32.1 Å². The van der Waals surface area contributed by atoms with Crippen molar-refractivity contribution in [3.8, 4) is 0 Å². The van der Waals surface area contributed by atoms with Crippen molar-refractivity contribution in [3.63, 3.8) is 0 Å². The van der Waals surface area contributed by atoms with Crippen molar-refractivity contribution in [2.75, 3.05) is 6.54 Å². The maximum Gasteiger partial charge on any atom is 0.340 e. The Morgan fingerprint density at radius 3 is 2.52 bits per heavy atom. The molecule has 1 amide bonds. The van der Waals surface area contributed by atoms with E-state index in [1.807, 2.05) is 0 Å². The van der Waals surface area contributed by atoms with Crippen LogP contribution >= 0.6 is 0 Å². The fourth-order valence-corrected chi connectivity index (χ4v) is 2.60. The number of carbonyl (C=O) groups excluding carboxylic acids is 1. The van der Waals surface area contributed by atoms with E-state index in [4.69, 9.17) is 5.11 Å². The van der Waals surface area contributed by atoms with Crippen LogP contribution in [0.2, 0.25) is 0 Å². The summed E-state index contributed by atoms with van der Waals surface area (Å²) in [6.45, 7) is 5.26. The molecule has 10 heteroatoms. The molecule has 9 nitrogen and oxygen atoms in total. The monoisotopic (exact) mass is 318 g/mol. The molecule has 0 fully saturated rings. The lowest BCUT2D eigenvalue weighted by Crippen LogP contribution is -2.42. The summed E-state index contributed by atoms with van der Waals surface area (Å²) < 4.78 is 26.0. The van der Waals surface area contributed by atoms with Crippen molar-refractivity contribution >= 4 is 21.9 Å². The van der Waals surface area contributed by atoms with E-state index in [2.05, 4.69) is 20.2 Å². The molecule has 0 aliphatic rings. The van der Waals surface area contributed by atoms with Crippen LogP contribution in [0.25, 0.3) is 0 Å². The Hall–Kier alpha value is -1.94. The second-order valence-corrected chi connectivity index (χ2v) is 7.07. The number of hydrogen-bond acceptors (Lipinski definition) is 5. The number of aromatic carboxylic acids is 1. The minimum absolute atomic E-state index is 0.0625. The Labute approximate surface area is 122 Å². The molecule has 0 atom stereocenters. The van der Waals surface area contributed by atoms with E-state index in [1.165, 1.54) is 0 Å². The number of amides is 1. The van der Waals surface area contributed by atoms with Crippen molar-refractivity contribution in [2.45, 2.75) is 37.8 Å². The number of hydrogen-bond donors (Lipinski definition) is 4. The first-order chi connectivity index (χ1) is 9.53. The molecular formula is C11H18N4O5S. The third-order valence-corrected chi connectivity index (χ3v) is 3.69. The van der Waals surface area contributed by atoms with Gasteiger partial charge in [-0.2, -0.15) is 5.10 Å². The number of aromatic nitrogens is 2. The van der Waals surface area contributed by atoms with Crippen LogP contribution < -0.4 is 10.0 Å². The van der Waals surface area contributed by atoms with E-state index in [1.54, 1.807) is 20.8 Å². The average Bonchev–Trinajstić information content (AvgIpc) is 2.75. The Morgan fingerprint density at radius 2 is 2.00 bits per heavy atom. The molecule has 118 valence electrons. The minimum atomic E-state index is -4.06. The molecule has 0 unspecified atom stereocenters. The van der Waals surface area contributed by atoms with Crippen molar-refractivity contribution < 1.29 is 23.1 Å². The van der Waals surface area contributed by atoms with Gasteiger partial charge in [-0.1, -0.05) is 0 Å². The summed E-state index contributed by atoms with van der Waals surface area (Å²) in [6, 6.07) is 0. The maximum absolute atomic E-state index is 11.9. The lowest BCUT2D eigenvalue weighted by molar-refractivity contribution is -0.122. The lowest BCUT2D eigenvalue weighted by atomic mass is 10.1. The molecule has 0 bridgehead atoms. The number of H-pyrrole nitrogens is 1. The van der Waals surface area contributed by atoms with Gasteiger partial charge < -0.3 is 10.4 Å². The predicted octanol–water partition coefficient (Wildman–Crippen LogP) is -0.309. The Morgan fingerprint density at radius 1 is 1.38 bits per heavy atom. The highest BCUT2D eigenvalue weighted by Crippen LogP contribution is 2.11. The van der Waals surface area contributed by atoms with Crippen LogP contribution in [0.1, 0.15) is 37.6 Å².